The van der Waals surface area contributed by atoms with Gasteiger partial charge >= 0.3 is 0 Å². The van der Waals surface area contributed by atoms with Crippen LogP contribution in [0.25, 0.3) is 10.8 Å². The summed E-state index contributed by atoms with van der Waals surface area (Å²) in [4.78, 5) is 4.03. The molecule has 0 unspecified atom stereocenters. The summed E-state index contributed by atoms with van der Waals surface area (Å²) in [6.45, 7) is 0.113. The van der Waals surface area contributed by atoms with Crippen LogP contribution in [0.15, 0.2) is 36.7 Å². The smallest absolute Gasteiger partial charge is 0.145 e. The van der Waals surface area contributed by atoms with E-state index in [0.717, 1.165) is 16.5 Å². The number of nitrogens with zero attached hydrogens (tertiary/aromatic N) is 1. The number of fused-ring (bicyclic) bond motifs is 1. The molecule has 0 amide bonds. The molecule has 0 aliphatic carbocycles. The number of aromatic nitrogens is 1. The molecule has 1 aromatic heterocycles. The molecule has 1 heterocycles. The van der Waals surface area contributed by atoms with E-state index in [0.29, 0.717) is 0 Å². The van der Waals surface area contributed by atoms with Gasteiger partial charge in [-0.2, -0.15) is 0 Å². The second-order valence-electron chi connectivity index (χ2n) is 3.17. The van der Waals surface area contributed by atoms with E-state index in [4.69, 9.17) is 15.9 Å². The van der Waals surface area contributed by atoms with Crippen LogP contribution in [0.3, 0.4) is 0 Å². The number of pyridine rings is 1. The molecule has 0 aliphatic heterocycles. The van der Waals surface area contributed by atoms with E-state index in [1.54, 1.807) is 12.4 Å². The molecular formula is C11H11N3O. The fourth-order valence-corrected chi connectivity index (χ4v) is 1.37. The Morgan fingerprint density at radius 1 is 1.40 bits per heavy atom. The average molecular weight is 201 g/mol. The first-order valence-corrected chi connectivity index (χ1v) is 4.56. The van der Waals surface area contributed by atoms with Crippen LogP contribution in [0.5, 0.6) is 5.75 Å². The van der Waals surface area contributed by atoms with Crippen LogP contribution in [-0.2, 0) is 0 Å². The van der Waals surface area contributed by atoms with Gasteiger partial charge in [0.2, 0.25) is 0 Å². The molecule has 0 spiro atoms. The number of amidine groups is 1. The molecule has 0 fully saturated rings. The van der Waals surface area contributed by atoms with E-state index in [9.17, 15) is 0 Å². The van der Waals surface area contributed by atoms with Gasteiger partial charge in [0.05, 0.1) is 0 Å². The molecule has 4 heteroatoms. The second kappa shape index (κ2) is 3.96. The first-order chi connectivity index (χ1) is 7.27. The fraction of sp³-hybridized carbons (Fsp3) is 0.0909. The van der Waals surface area contributed by atoms with Gasteiger partial charge in [-0.15, -0.1) is 0 Å². The van der Waals surface area contributed by atoms with E-state index in [-0.39, 0.29) is 12.4 Å². The van der Waals surface area contributed by atoms with Crippen molar-refractivity contribution >= 4 is 16.6 Å². The van der Waals surface area contributed by atoms with Gasteiger partial charge < -0.3 is 10.5 Å². The van der Waals surface area contributed by atoms with E-state index in [1.807, 2.05) is 24.3 Å². The van der Waals surface area contributed by atoms with Crippen molar-refractivity contribution in [2.75, 3.05) is 6.61 Å². The number of rotatable bonds is 3. The van der Waals surface area contributed by atoms with Crippen LogP contribution in [0.1, 0.15) is 0 Å². The molecule has 76 valence electrons. The summed E-state index contributed by atoms with van der Waals surface area (Å²) < 4.78 is 5.40. The Morgan fingerprint density at radius 3 is 3.07 bits per heavy atom. The first kappa shape index (κ1) is 9.45. The van der Waals surface area contributed by atoms with Gasteiger partial charge in [-0.1, -0.05) is 12.1 Å². The summed E-state index contributed by atoms with van der Waals surface area (Å²) in [7, 11) is 0. The third-order valence-electron chi connectivity index (χ3n) is 2.02. The summed E-state index contributed by atoms with van der Waals surface area (Å²) in [6, 6.07) is 7.58. The summed E-state index contributed by atoms with van der Waals surface area (Å²) >= 11 is 0. The van der Waals surface area contributed by atoms with Gasteiger partial charge in [-0.3, -0.25) is 10.4 Å². The van der Waals surface area contributed by atoms with Crippen molar-refractivity contribution in [2.24, 2.45) is 5.73 Å². The third kappa shape index (κ3) is 2.04. The number of nitrogens with two attached hydrogens (primary N) is 1. The van der Waals surface area contributed by atoms with Crippen molar-refractivity contribution in [3.05, 3.63) is 36.7 Å². The Morgan fingerprint density at radius 2 is 2.27 bits per heavy atom. The molecule has 0 atom stereocenters. The normalized spacial score (nSPS) is 10.1. The Bertz CT molecular complexity index is 491. The van der Waals surface area contributed by atoms with Gasteiger partial charge in [0.15, 0.2) is 0 Å². The van der Waals surface area contributed by atoms with Gasteiger partial charge in [0, 0.05) is 23.2 Å². The Balaban J connectivity index is 2.38. The molecule has 1 aromatic carbocycles. The minimum Gasteiger partial charge on any atom is -0.485 e. The molecule has 0 saturated carbocycles. The van der Waals surface area contributed by atoms with Crippen LogP contribution in [-0.4, -0.2) is 17.4 Å². The quantitative estimate of drug-likeness (QED) is 0.584. The fourth-order valence-electron chi connectivity index (χ4n) is 1.37. The lowest BCUT2D eigenvalue weighted by atomic mass is 10.1. The molecule has 3 N–H and O–H groups in total. The number of nitrogens with one attached hydrogen (secondary N) is 1. The number of hydrogen-bond donors (Lipinski definition) is 2. The highest BCUT2D eigenvalue weighted by Gasteiger charge is 2.01. The lowest BCUT2D eigenvalue weighted by Gasteiger charge is -2.07. The maximum absolute atomic E-state index is 7.09. The van der Waals surface area contributed by atoms with E-state index < -0.39 is 0 Å². The maximum atomic E-state index is 7.09. The van der Waals surface area contributed by atoms with E-state index in [1.165, 1.54) is 0 Å². The van der Waals surface area contributed by atoms with Gasteiger partial charge in [-0.25, -0.2) is 0 Å². The van der Waals surface area contributed by atoms with Crippen LogP contribution in [0.4, 0.5) is 0 Å². The lowest BCUT2D eigenvalue weighted by molar-refractivity contribution is 0.379. The lowest BCUT2D eigenvalue weighted by Crippen LogP contribution is -2.19. The highest BCUT2D eigenvalue weighted by atomic mass is 16.5. The van der Waals surface area contributed by atoms with Crippen molar-refractivity contribution in [3.8, 4) is 5.75 Å². The molecule has 0 bridgehead atoms. The minimum atomic E-state index is 0.0149. The zero-order chi connectivity index (χ0) is 10.7. The van der Waals surface area contributed by atoms with E-state index >= 15 is 0 Å². The van der Waals surface area contributed by atoms with Crippen molar-refractivity contribution in [1.82, 2.24) is 4.98 Å². The van der Waals surface area contributed by atoms with Crippen molar-refractivity contribution in [2.45, 2.75) is 0 Å². The average Bonchev–Trinajstić information content (AvgIpc) is 2.26. The van der Waals surface area contributed by atoms with Crippen LogP contribution >= 0.6 is 0 Å². The highest BCUT2D eigenvalue weighted by molar-refractivity contribution is 5.88. The molecular weight excluding hydrogens is 190 g/mol. The standard InChI is InChI=1S/C11H11N3O/c12-11(13)7-15-10-3-1-2-8-6-14-5-4-9(8)10/h1-6H,7H2,(H3,12,13). The van der Waals surface area contributed by atoms with Crippen LogP contribution in [0, 0.1) is 5.41 Å². The first-order valence-electron chi connectivity index (χ1n) is 4.56. The highest BCUT2D eigenvalue weighted by Crippen LogP contribution is 2.24. The molecule has 4 nitrogen and oxygen atoms in total. The van der Waals surface area contributed by atoms with E-state index in [2.05, 4.69) is 4.98 Å². The van der Waals surface area contributed by atoms with Crippen molar-refractivity contribution < 1.29 is 4.74 Å². The predicted octanol–water partition coefficient (Wildman–Crippen LogP) is 1.55. The van der Waals surface area contributed by atoms with Crippen LogP contribution < -0.4 is 10.5 Å². The topological polar surface area (TPSA) is 72.0 Å². The van der Waals surface area contributed by atoms with Gasteiger partial charge in [0.25, 0.3) is 0 Å². The second-order valence-corrected chi connectivity index (χ2v) is 3.17. The molecule has 2 rings (SSSR count). The molecule has 0 aliphatic rings. The zero-order valence-electron chi connectivity index (χ0n) is 8.10. The van der Waals surface area contributed by atoms with Gasteiger partial charge in [0.1, 0.15) is 18.2 Å². The van der Waals surface area contributed by atoms with Gasteiger partial charge in [-0.05, 0) is 12.1 Å². The maximum Gasteiger partial charge on any atom is 0.145 e. The summed E-state index contributed by atoms with van der Waals surface area (Å²) in [5.74, 6) is 0.742. The molecule has 2 aromatic rings. The Kier molecular flexibility index (Phi) is 2.49. The Labute approximate surface area is 87.2 Å². The monoisotopic (exact) mass is 201 g/mol. The predicted molar refractivity (Wildman–Crippen MR) is 59.2 cm³/mol. The zero-order valence-corrected chi connectivity index (χ0v) is 8.10. The Hall–Kier alpha value is -2.10. The third-order valence-corrected chi connectivity index (χ3v) is 2.02. The van der Waals surface area contributed by atoms with Crippen molar-refractivity contribution in [3.63, 3.8) is 0 Å². The molecule has 0 radical (unpaired) electrons. The number of ether oxygens (including phenoxy) is 1. The SMILES string of the molecule is N=C(N)COc1cccc2cnccc12. The molecule has 0 saturated heterocycles. The summed E-state index contributed by atoms with van der Waals surface area (Å²) in [5.41, 5.74) is 5.23. The minimum absolute atomic E-state index is 0.0149. The summed E-state index contributed by atoms with van der Waals surface area (Å²) in [6.07, 6.45) is 3.49. The molecule has 15 heavy (non-hydrogen) atoms. The number of hydrogen-bond acceptors (Lipinski definition) is 3. The van der Waals surface area contributed by atoms with Crippen molar-refractivity contribution in [1.29, 1.82) is 5.41 Å². The van der Waals surface area contributed by atoms with Crippen LogP contribution in [0.2, 0.25) is 0 Å². The summed E-state index contributed by atoms with van der Waals surface area (Å²) in [5, 5.41) is 9.09. The largest absolute Gasteiger partial charge is 0.485 e. The number of benzene rings is 1.